The zero-order chi connectivity index (χ0) is 29.1. The first kappa shape index (κ1) is 28.4. The lowest BCUT2D eigenvalue weighted by Crippen LogP contribution is -2.29. The predicted molar refractivity (Wildman–Crippen MR) is 158 cm³/mol. The molecule has 4 rings (SSSR count). The number of hydrogen-bond donors (Lipinski definition) is 2. The Bertz CT molecular complexity index is 1470. The maximum atomic E-state index is 13.5. The third-order valence-electron chi connectivity index (χ3n) is 6.63. The number of carbonyl (C=O) groups is 3. The van der Waals surface area contributed by atoms with Crippen molar-refractivity contribution in [1.82, 2.24) is 0 Å². The number of carbonyl (C=O) groups excluding carboxylic acids is 3. The van der Waals surface area contributed by atoms with Gasteiger partial charge in [-0.1, -0.05) is 32.0 Å². The molecular weight excluding hydrogens is 506 g/mol. The molecule has 0 spiro atoms. The molecule has 1 aliphatic rings. The molecule has 1 aliphatic heterocycles. The Morgan fingerprint density at radius 1 is 1.05 bits per heavy atom. The highest BCUT2D eigenvalue weighted by Crippen LogP contribution is 2.43. The van der Waals surface area contributed by atoms with E-state index in [1.165, 1.54) is 11.8 Å². The van der Waals surface area contributed by atoms with Crippen molar-refractivity contribution in [3.63, 3.8) is 0 Å². The highest BCUT2D eigenvalue weighted by atomic mass is 16.5. The highest BCUT2D eigenvalue weighted by Gasteiger charge is 2.47. The van der Waals surface area contributed by atoms with Crippen LogP contribution in [0, 0.1) is 12.8 Å². The van der Waals surface area contributed by atoms with Crippen LogP contribution in [0.3, 0.4) is 0 Å². The minimum Gasteiger partial charge on any atom is -0.507 e. The van der Waals surface area contributed by atoms with E-state index in [1.807, 2.05) is 50.2 Å². The van der Waals surface area contributed by atoms with Crippen LogP contribution in [-0.4, -0.2) is 43.4 Å². The number of nitrogens with zero attached hydrogens (tertiary/aromatic N) is 2. The number of anilines is 3. The van der Waals surface area contributed by atoms with Crippen LogP contribution < -0.4 is 19.9 Å². The molecule has 0 radical (unpaired) electrons. The van der Waals surface area contributed by atoms with Crippen molar-refractivity contribution in [3.05, 3.63) is 89.0 Å². The second kappa shape index (κ2) is 11.7. The summed E-state index contributed by atoms with van der Waals surface area (Å²) in [6.45, 7) is 7.94. The fourth-order valence-electron chi connectivity index (χ4n) is 4.68. The predicted octanol–water partition coefficient (Wildman–Crippen LogP) is 5.68. The number of aliphatic hydroxyl groups is 1. The van der Waals surface area contributed by atoms with Crippen molar-refractivity contribution in [1.29, 1.82) is 0 Å². The molecule has 1 heterocycles. The van der Waals surface area contributed by atoms with E-state index in [9.17, 15) is 19.5 Å². The molecule has 40 heavy (non-hydrogen) atoms. The van der Waals surface area contributed by atoms with Crippen LogP contribution in [0.25, 0.3) is 5.76 Å². The normalized spacial score (nSPS) is 16.4. The lowest BCUT2D eigenvalue weighted by Gasteiger charge is -2.26. The molecule has 2 amide bonds. The number of hydrogen-bond acceptors (Lipinski definition) is 6. The Hall–Kier alpha value is -4.59. The van der Waals surface area contributed by atoms with Crippen LogP contribution in [0.2, 0.25) is 0 Å². The molecule has 1 fully saturated rings. The molecule has 0 bridgehead atoms. The zero-order valence-electron chi connectivity index (χ0n) is 23.7. The molecule has 3 aromatic carbocycles. The molecule has 0 aliphatic carbocycles. The lowest BCUT2D eigenvalue weighted by molar-refractivity contribution is -0.132. The van der Waals surface area contributed by atoms with E-state index < -0.39 is 17.7 Å². The smallest absolute Gasteiger partial charge is 0.300 e. The van der Waals surface area contributed by atoms with Crippen molar-refractivity contribution >= 4 is 40.4 Å². The van der Waals surface area contributed by atoms with E-state index in [2.05, 4.69) is 19.2 Å². The second-order valence-corrected chi connectivity index (χ2v) is 10.6. The summed E-state index contributed by atoms with van der Waals surface area (Å²) >= 11 is 0. The van der Waals surface area contributed by atoms with Crippen LogP contribution in [0.4, 0.5) is 17.1 Å². The second-order valence-electron chi connectivity index (χ2n) is 10.6. The van der Waals surface area contributed by atoms with Gasteiger partial charge in [-0.2, -0.15) is 0 Å². The molecule has 8 nitrogen and oxygen atoms in total. The van der Waals surface area contributed by atoms with Gasteiger partial charge in [0.1, 0.15) is 11.5 Å². The third kappa shape index (κ3) is 5.86. The van der Waals surface area contributed by atoms with Gasteiger partial charge in [-0.05, 0) is 72.5 Å². The quantitative estimate of drug-likeness (QED) is 0.216. The minimum atomic E-state index is -0.888. The summed E-state index contributed by atoms with van der Waals surface area (Å²) in [5, 5.41) is 14.2. The van der Waals surface area contributed by atoms with Crippen LogP contribution in [0.5, 0.6) is 5.75 Å². The van der Waals surface area contributed by atoms with Gasteiger partial charge in [-0.15, -0.1) is 0 Å². The first-order valence-electron chi connectivity index (χ1n) is 13.2. The van der Waals surface area contributed by atoms with Gasteiger partial charge in [-0.25, -0.2) is 0 Å². The standard InChI is InChI=1S/C32H35N3O5/c1-19(2)18-40-27-15-12-23(16-20(27)3)30(37)28-29(22-10-13-25(14-11-22)34(5)6)35(32(39)31(28)38)26-9-7-8-24(17-26)33-21(4)36/h7-17,19,29,37H,18H2,1-6H3,(H,33,36)/b30-28+. The lowest BCUT2D eigenvalue weighted by atomic mass is 9.94. The minimum absolute atomic E-state index is 0.0113. The van der Waals surface area contributed by atoms with Gasteiger partial charge in [0.05, 0.1) is 18.2 Å². The fourth-order valence-corrected chi connectivity index (χ4v) is 4.68. The first-order valence-corrected chi connectivity index (χ1v) is 13.2. The van der Waals surface area contributed by atoms with E-state index >= 15 is 0 Å². The molecule has 0 saturated carbocycles. The van der Waals surface area contributed by atoms with Crippen molar-refractivity contribution in [2.24, 2.45) is 5.92 Å². The molecule has 1 atom stereocenters. The van der Waals surface area contributed by atoms with Gasteiger partial charge in [0, 0.05) is 43.6 Å². The van der Waals surface area contributed by atoms with E-state index in [0.29, 0.717) is 40.8 Å². The van der Waals surface area contributed by atoms with Crippen LogP contribution in [0.15, 0.2) is 72.3 Å². The average Bonchev–Trinajstić information content (AvgIpc) is 3.17. The molecule has 1 saturated heterocycles. The number of rotatable bonds is 8. The van der Waals surface area contributed by atoms with Gasteiger partial charge < -0.3 is 20.1 Å². The number of Topliss-reactive ketones (excluding diaryl/α,β-unsaturated/α-hetero) is 1. The summed E-state index contributed by atoms with van der Waals surface area (Å²) in [5.74, 6) is -1.04. The number of aliphatic hydroxyl groups excluding tert-OH is 1. The summed E-state index contributed by atoms with van der Waals surface area (Å²) < 4.78 is 5.87. The molecule has 0 aromatic heterocycles. The Labute approximate surface area is 234 Å². The van der Waals surface area contributed by atoms with E-state index in [-0.39, 0.29) is 17.2 Å². The van der Waals surface area contributed by atoms with Gasteiger partial charge >= 0.3 is 0 Å². The third-order valence-corrected chi connectivity index (χ3v) is 6.63. The van der Waals surface area contributed by atoms with Crippen LogP contribution in [0.1, 0.15) is 43.5 Å². The fraction of sp³-hybridized carbons (Fsp3) is 0.281. The number of amides is 2. The summed E-state index contributed by atoms with van der Waals surface area (Å²) in [5.41, 5.74) is 3.71. The molecule has 1 unspecified atom stereocenters. The Balaban J connectivity index is 1.86. The Morgan fingerprint density at radius 3 is 2.35 bits per heavy atom. The summed E-state index contributed by atoms with van der Waals surface area (Å²) in [6, 6.07) is 18.5. The SMILES string of the molecule is CC(=O)Nc1cccc(N2C(=O)C(=O)/C(=C(/O)c3ccc(OCC(C)C)c(C)c3)C2c2ccc(N(C)C)cc2)c1. The molecular formula is C32H35N3O5. The molecule has 208 valence electrons. The van der Waals surface area contributed by atoms with Crippen molar-refractivity contribution < 1.29 is 24.2 Å². The Kier molecular flexibility index (Phi) is 8.28. The topological polar surface area (TPSA) is 99.2 Å². The van der Waals surface area contributed by atoms with Crippen LogP contribution in [-0.2, 0) is 14.4 Å². The average molecular weight is 542 g/mol. The molecule has 8 heteroatoms. The number of ether oxygens (including phenoxy) is 1. The summed E-state index contributed by atoms with van der Waals surface area (Å²) in [7, 11) is 3.84. The molecule has 3 aromatic rings. The number of benzene rings is 3. The van der Waals surface area contributed by atoms with E-state index in [1.54, 1.807) is 42.5 Å². The largest absolute Gasteiger partial charge is 0.507 e. The number of ketones is 1. The van der Waals surface area contributed by atoms with Gasteiger partial charge in [0.2, 0.25) is 5.91 Å². The van der Waals surface area contributed by atoms with Crippen molar-refractivity contribution in [2.45, 2.75) is 33.7 Å². The highest BCUT2D eigenvalue weighted by molar-refractivity contribution is 6.51. The number of aryl methyl sites for hydroxylation is 1. The maximum absolute atomic E-state index is 13.5. The number of nitrogens with one attached hydrogen (secondary N) is 1. The van der Waals surface area contributed by atoms with E-state index in [4.69, 9.17) is 4.74 Å². The van der Waals surface area contributed by atoms with Gasteiger partial charge in [0.15, 0.2) is 0 Å². The first-order chi connectivity index (χ1) is 19.0. The maximum Gasteiger partial charge on any atom is 0.300 e. The van der Waals surface area contributed by atoms with E-state index in [0.717, 1.165) is 11.3 Å². The Morgan fingerprint density at radius 2 is 1.75 bits per heavy atom. The van der Waals surface area contributed by atoms with Crippen molar-refractivity contribution in [2.75, 3.05) is 35.8 Å². The monoisotopic (exact) mass is 541 g/mol. The zero-order valence-corrected chi connectivity index (χ0v) is 23.7. The van der Waals surface area contributed by atoms with Gasteiger partial charge in [0.25, 0.3) is 11.7 Å². The molecule has 2 N–H and O–H groups in total. The van der Waals surface area contributed by atoms with Gasteiger partial charge in [-0.3, -0.25) is 19.3 Å². The van der Waals surface area contributed by atoms with Crippen molar-refractivity contribution in [3.8, 4) is 5.75 Å². The van der Waals surface area contributed by atoms with Crippen LogP contribution >= 0.6 is 0 Å². The summed E-state index contributed by atoms with van der Waals surface area (Å²) in [4.78, 5) is 42.1. The summed E-state index contributed by atoms with van der Waals surface area (Å²) in [6.07, 6.45) is 0.